The summed E-state index contributed by atoms with van der Waals surface area (Å²) in [5, 5.41) is -0.143. The summed E-state index contributed by atoms with van der Waals surface area (Å²) in [6, 6.07) is 43.4. The molecule has 1 aromatic heterocycles. The van der Waals surface area contributed by atoms with Crippen LogP contribution in [-0.4, -0.2) is 25.8 Å². The van der Waals surface area contributed by atoms with Crippen molar-refractivity contribution in [3.63, 3.8) is 0 Å². The minimum absolute atomic E-state index is 0.143. The molecule has 0 N–H and O–H groups in total. The summed E-state index contributed by atoms with van der Waals surface area (Å²) in [6.07, 6.45) is 8.68. The lowest BCUT2D eigenvalue weighted by Crippen LogP contribution is -2.42. The summed E-state index contributed by atoms with van der Waals surface area (Å²) in [6.45, 7) is 4.98. The Morgan fingerprint density at radius 1 is 0.744 bits per heavy atom. The average Bonchev–Trinajstić information content (AvgIpc) is 3.67. The topological polar surface area (TPSA) is 17.8 Å². The zero-order chi connectivity index (χ0) is 26.9. The molecular formula is C35H37BN2Si. The van der Waals surface area contributed by atoms with E-state index in [0.717, 1.165) is 5.82 Å². The first-order valence-corrected chi connectivity index (χ1v) is 15.5. The van der Waals surface area contributed by atoms with Gasteiger partial charge < -0.3 is 4.57 Å². The van der Waals surface area contributed by atoms with Crippen LogP contribution in [0.2, 0.25) is 5.82 Å². The number of aromatic nitrogens is 2. The van der Waals surface area contributed by atoms with Crippen LogP contribution in [0.3, 0.4) is 0 Å². The van der Waals surface area contributed by atoms with Crippen molar-refractivity contribution < 1.29 is 0 Å². The molecule has 1 saturated carbocycles. The summed E-state index contributed by atoms with van der Waals surface area (Å²) >= 11 is 0. The van der Waals surface area contributed by atoms with Gasteiger partial charge in [-0.2, -0.15) is 0 Å². The van der Waals surface area contributed by atoms with Gasteiger partial charge in [-0.05, 0) is 25.0 Å². The molecule has 4 heteroatoms. The molecule has 1 fully saturated rings. The van der Waals surface area contributed by atoms with Crippen LogP contribution < -0.4 is 10.9 Å². The second kappa shape index (κ2) is 12.8. The molecule has 0 saturated heterocycles. The molecule has 0 amide bonds. The van der Waals surface area contributed by atoms with Crippen molar-refractivity contribution >= 4 is 27.2 Å². The fourth-order valence-corrected chi connectivity index (χ4v) is 7.60. The smallest absolute Gasteiger partial charge is 0.212 e. The van der Waals surface area contributed by atoms with E-state index >= 15 is 0 Å². The van der Waals surface area contributed by atoms with Crippen LogP contribution in [0.5, 0.6) is 0 Å². The van der Waals surface area contributed by atoms with E-state index < -0.39 is 9.52 Å². The lowest BCUT2D eigenvalue weighted by Gasteiger charge is -2.36. The molecule has 0 aliphatic heterocycles. The number of allylic oxidation sites excluding steroid dienone is 1. The fourth-order valence-electron chi connectivity index (χ4n) is 5.56. The Bertz CT molecular complexity index is 1350. The van der Waals surface area contributed by atoms with Crippen molar-refractivity contribution in [1.29, 1.82) is 0 Å². The second-order valence-corrected chi connectivity index (χ2v) is 12.5. The number of nitrogens with zero attached hydrogens (tertiary/aromatic N) is 2. The second-order valence-electron chi connectivity index (χ2n) is 10.7. The zero-order valence-electron chi connectivity index (χ0n) is 23.0. The molecule has 4 aromatic carbocycles. The highest BCUT2D eigenvalue weighted by Crippen LogP contribution is 2.38. The van der Waals surface area contributed by atoms with Gasteiger partial charge in [-0.15, -0.1) is 0 Å². The third kappa shape index (κ3) is 6.40. The molecule has 1 heterocycles. The monoisotopic (exact) mass is 524 g/mol. The SMILES string of the molecule is CC(C)=C[SiH2]C(c1ccccc1)(c1ccccc1)n1ccnc1.c1ccc(B(c2ccccc2)C2CC2)cc1. The Morgan fingerprint density at radius 2 is 1.21 bits per heavy atom. The fraction of sp³-hybridized carbons (Fsp3) is 0.171. The predicted octanol–water partition coefficient (Wildman–Crippen LogP) is 6.18. The Labute approximate surface area is 236 Å². The van der Waals surface area contributed by atoms with Crippen molar-refractivity contribution in [3.8, 4) is 0 Å². The molecule has 194 valence electrons. The van der Waals surface area contributed by atoms with Crippen molar-refractivity contribution in [2.24, 2.45) is 0 Å². The van der Waals surface area contributed by atoms with Crippen molar-refractivity contribution in [3.05, 3.63) is 162 Å². The van der Waals surface area contributed by atoms with E-state index in [-0.39, 0.29) is 5.16 Å². The summed E-state index contributed by atoms with van der Waals surface area (Å²) in [4.78, 5) is 4.33. The maximum Gasteiger partial charge on any atom is 0.212 e. The lowest BCUT2D eigenvalue weighted by molar-refractivity contribution is 0.596. The molecule has 39 heavy (non-hydrogen) atoms. The Hall–Kier alpha value is -3.89. The Balaban J connectivity index is 0.000000168. The third-order valence-corrected chi connectivity index (χ3v) is 10.5. The van der Waals surface area contributed by atoms with Crippen LogP contribution in [0.1, 0.15) is 37.8 Å². The lowest BCUT2D eigenvalue weighted by atomic mass is 9.37. The maximum atomic E-state index is 4.33. The van der Waals surface area contributed by atoms with E-state index in [9.17, 15) is 0 Å². The van der Waals surface area contributed by atoms with Crippen LogP contribution in [0.25, 0.3) is 0 Å². The van der Waals surface area contributed by atoms with Crippen LogP contribution in [-0.2, 0) is 5.16 Å². The number of imidazole rings is 1. The molecule has 0 bridgehead atoms. The summed E-state index contributed by atoms with van der Waals surface area (Å²) in [5.74, 6) is 0.866. The van der Waals surface area contributed by atoms with Crippen molar-refractivity contribution in [2.75, 3.05) is 0 Å². The number of rotatable bonds is 8. The van der Waals surface area contributed by atoms with Gasteiger partial charge in [0.1, 0.15) is 0 Å². The summed E-state index contributed by atoms with van der Waals surface area (Å²) < 4.78 is 2.28. The molecule has 5 aromatic rings. The quantitative estimate of drug-likeness (QED) is 0.222. The summed E-state index contributed by atoms with van der Waals surface area (Å²) in [5.41, 5.74) is 9.42. The van der Waals surface area contributed by atoms with Crippen LogP contribution in [0.4, 0.5) is 0 Å². The summed E-state index contributed by atoms with van der Waals surface area (Å²) in [7, 11) is -0.634. The van der Waals surface area contributed by atoms with Gasteiger partial charge in [-0.1, -0.05) is 162 Å². The molecule has 0 spiro atoms. The van der Waals surface area contributed by atoms with E-state index in [0.29, 0.717) is 6.71 Å². The van der Waals surface area contributed by atoms with E-state index in [4.69, 9.17) is 0 Å². The minimum Gasteiger partial charge on any atom is -0.326 e. The van der Waals surface area contributed by atoms with Gasteiger partial charge in [-0.25, -0.2) is 4.98 Å². The third-order valence-electron chi connectivity index (χ3n) is 7.66. The molecule has 0 unspecified atom stereocenters. The molecule has 1 aliphatic carbocycles. The van der Waals surface area contributed by atoms with Gasteiger partial charge in [0.25, 0.3) is 0 Å². The van der Waals surface area contributed by atoms with Gasteiger partial charge in [0.15, 0.2) is 0 Å². The molecule has 1 aliphatic rings. The highest BCUT2D eigenvalue weighted by Gasteiger charge is 2.36. The average molecular weight is 525 g/mol. The van der Waals surface area contributed by atoms with E-state index in [1.165, 1.54) is 40.5 Å². The van der Waals surface area contributed by atoms with E-state index in [1.807, 2.05) is 12.5 Å². The van der Waals surface area contributed by atoms with Crippen LogP contribution >= 0.6 is 0 Å². The normalized spacial score (nSPS) is 13.0. The predicted molar refractivity (Wildman–Crippen MR) is 170 cm³/mol. The van der Waals surface area contributed by atoms with Gasteiger partial charge >= 0.3 is 0 Å². The van der Waals surface area contributed by atoms with Crippen LogP contribution in [0.15, 0.2) is 151 Å². The Kier molecular flexibility index (Phi) is 8.75. The Morgan fingerprint density at radius 3 is 1.59 bits per heavy atom. The van der Waals surface area contributed by atoms with Crippen molar-refractivity contribution in [1.82, 2.24) is 9.55 Å². The molecule has 0 atom stereocenters. The minimum atomic E-state index is -0.634. The number of hydrogen-bond acceptors (Lipinski definition) is 1. The van der Waals surface area contributed by atoms with E-state index in [2.05, 4.69) is 157 Å². The highest BCUT2D eigenvalue weighted by molar-refractivity contribution is 6.86. The molecule has 0 radical (unpaired) electrons. The van der Waals surface area contributed by atoms with Crippen LogP contribution in [0, 0.1) is 0 Å². The van der Waals surface area contributed by atoms with Gasteiger partial charge in [0.05, 0.1) is 21.0 Å². The molecular weight excluding hydrogens is 487 g/mol. The van der Waals surface area contributed by atoms with Crippen molar-refractivity contribution in [2.45, 2.75) is 37.7 Å². The highest BCUT2D eigenvalue weighted by atomic mass is 28.2. The number of hydrogen-bond donors (Lipinski definition) is 0. The van der Waals surface area contributed by atoms with Gasteiger partial charge in [-0.3, -0.25) is 0 Å². The first-order chi connectivity index (χ1) is 19.2. The standard InChI is InChI=1S/C20H22N2Si.C15H15B/c1-17(2)15-23-20(22-14-13-21-16-22,18-9-5-3-6-10-18)19-11-7-4-8-12-19;1-3-7-13(8-4-1)16(15-11-12-15)14-9-5-2-6-10-14/h3-16H,23H2,1-2H3;1-10,15H,11-12H2. The van der Waals surface area contributed by atoms with Gasteiger partial charge in [0, 0.05) is 12.4 Å². The van der Waals surface area contributed by atoms with E-state index in [1.54, 1.807) is 0 Å². The first-order valence-electron chi connectivity index (χ1n) is 14.0. The zero-order valence-corrected chi connectivity index (χ0v) is 24.4. The largest absolute Gasteiger partial charge is 0.326 e. The maximum absolute atomic E-state index is 4.33. The number of benzene rings is 4. The van der Waals surface area contributed by atoms with Gasteiger partial charge in [0.2, 0.25) is 6.71 Å². The molecule has 6 rings (SSSR count). The first kappa shape index (κ1) is 26.7. The molecule has 2 nitrogen and oxygen atoms in total.